The van der Waals surface area contributed by atoms with Gasteiger partial charge in [-0.2, -0.15) is 0 Å². The van der Waals surface area contributed by atoms with Crippen LogP contribution in [0, 0.1) is 5.82 Å². The molecule has 1 aliphatic heterocycles. The van der Waals surface area contributed by atoms with Crippen LogP contribution in [0.3, 0.4) is 0 Å². The predicted octanol–water partition coefficient (Wildman–Crippen LogP) is 2.62. The molecule has 20 heavy (non-hydrogen) atoms. The molecule has 0 spiro atoms. The molecule has 0 amide bonds. The van der Waals surface area contributed by atoms with E-state index in [1.807, 2.05) is 0 Å². The quantitative estimate of drug-likeness (QED) is 0.842. The Bertz CT molecular complexity index is 493. The first-order chi connectivity index (χ1) is 9.63. The van der Waals surface area contributed by atoms with Crippen molar-refractivity contribution >= 4 is 12.0 Å². The summed E-state index contributed by atoms with van der Waals surface area (Å²) in [6, 6.07) is 4.41. The van der Waals surface area contributed by atoms with Gasteiger partial charge in [-0.3, -0.25) is 0 Å². The molecule has 5 heteroatoms. The fraction of sp³-hybridized carbons (Fsp3) is 0.400. The van der Waals surface area contributed by atoms with Crippen molar-refractivity contribution in [2.24, 2.45) is 0 Å². The molecule has 1 aliphatic rings. The van der Waals surface area contributed by atoms with E-state index in [9.17, 15) is 9.18 Å². The maximum Gasteiger partial charge on any atom is 0.328 e. The van der Waals surface area contributed by atoms with Crippen LogP contribution >= 0.6 is 0 Å². The van der Waals surface area contributed by atoms with Gasteiger partial charge in [0.2, 0.25) is 0 Å². The summed E-state index contributed by atoms with van der Waals surface area (Å²) >= 11 is 0. The van der Waals surface area contributed by atoms with Crippen LogP contribution < -0.4 is 0 Å². The highest BCUT2D eigenvalue weighted by Gasteiger charge is 2.14. The number of rotatable bonds is 5. The number of halogens is 1. The fourth-order valence-corrected chi connectivity index (χ4v) is 2.08. The Hall–Kier alpha value is -1.72. The summed E-state index contributed by atoms with van der Waals surface area (Å²) in [4.78, 5) is 10.5. The Morgan fingerprint density at radius 3 is 2.85 bits per heavy atom. The molecular formula is C15H17FO4. The summed E-state index contributed by atoms with van der Waals surface area (Å²) in [6.07, 6.45) is 4.19. The molecule has 1 heterocycles. The molecule has 0 saturated carbocycles. The Kier molecular flexibility index (Phi) is 5.26. The third-order valence-corrected chi connectivity index (χ3v) is 3.05. The molecular weight excluding hydrogens is 263 g/mol. The van der Waals surface area contributed by atoms with Crippen molar-refractivity contribution in [1.29, 1.82) is 0 Å². The lowest BCUT2D eigenvalue weighted by Gasteiger charge is -2.22. The normalized spacial score (nSPS) is 16.6. The largest absolute Gasteiger partial charge is 0.478 e. The van der Waals surface area contributed by atoms with E-state index in [-0.39, 0.29) is 6.10 Å². The van der Waals surface area contributed by atoms with Gasteiger partial charge in [0.1, 0.15) is 5.82 Å². The van der Waals surface area contributed by atoms with Crippen molar-refractivity contribution in [3.8, 4) is 0 Å². The van der Waals surface area contributed by atoms with E-state index in [0.29, 0.717) is 30.9 Å². The van der Waals surface area contributed by atoms with Crippen LogP contribution in [0.15, 0.2) is 24.3 Å². The zero-order chi connectivity index (χ0) is 14.4. The van der Waals surface area contributed by atoms with Gasteiger partial charge in [-0.25, -0.2) is 9.18 Å². The van der Waals surface area contributed by atoms with E-state index in [1.165, 1.54) is 18.2 Å². The second-order valence-electron chi connectivity index (χ2n) is 4.69. The Morgan fingerprint density at radius 2 is 2.15 bits per heavy atom. The van der Waals surface area contributed by atoms with Gasteiger partial charge in [-0.1, -0.05) is 0 Å². The second kappa shape index (κ2) is 7.17. The van der Waals surface area contributed by atoms with Crippen LogP contribution in [0.4, 0.5) is 4.39 Å². The molecule has 4 nitrogen and oxygen atoms in total. The van der Waals surface area contributed by atoms with Crippen molar-refractivity contribution in [2.75, 3.05) is 13.2 Å². The molecule has 1 N–H and O–H groups in total. The molecule has 1 aromatic carbocycles. The zero-order valence-electron chi connectivity index (χ0n) is 11.0. The van der Waals surface area contributed by atoms with Crippen LogP contribution in [0.1, 0.15) is 24.0 Å². The summed E-state index contributed by atoms with van der Waals surface area (Å²) < 4.78 is 24.4. The number of carboxylic acids is 1. The van der Waals surface area contributed by atoms with Gasteiger partial charge in [0, 0.05) is 19.3 Å². The standard InChI is InChI=1S/C15H17FO4/c16-13-8-11(1-2-15(17)18)7-12(9-13)10-20-14-3-5-19-6-4-14/h1-2,7-9,14H,3-6,10H2,(H,17,18). The summed E-state index contributed by atoms with van der Waals surface area (Å²) in [6.45, 7) is 1.71. The van der Waals surface area contributed by atoms with Gasteiger partial charge in [0.25, 0.3) is 0 Å². The smallest absolute Gasteiger partial charge is 0.328 e. The van der Waals surface area contributed by atoms with Crippen LogP contribution in [0.2, 0.25) is 0 Å². The predicted molar refractivity (Wildman–Crippen MR) is 71.7 cm³/mol. The molecule has 2 rings (SSSR count). The third-order valence-electron chi connectivity index (χ3n) is 3.05. The molecule has 1 aromatic rings. The van der Waals surface area contributed by atoms with Crippen molar-refractivity contribution in [1.82, 2.24) is 0 Å². The number of benzene rings is 1. The van der Waals surface area contributed by atoms with Gasteiger partial charge >= 0.3 is 5.97 Å². The topological polar surface area (TPSA) is 55.8 Å². The lowest BCUT2D eigenvalue weighted by atomic mass is 10.1. The minimum atomic E-state index is -1.06. The molecule has 0 bridgehead atoms. The van der Waals surface area contributed by atoms with E-state index < -0.39 is 11.8 Å². The van der Waals surface area contributed by atoms with Gasteiger partial charge in [-0.15, -0.1) is 0 Å². The average Bonchev–Trinajstić information content (AvgIpc) is 2.44. The fourth-order valence-electron chi connectivity index (χ4n) is 2.08. The third kappa shape index (κ3) is 4.75. The zero-order valence-corrected chi connectivity index (χ0v) is 11.0. The lowest BCUT2D eigenvalue weighted by Crippen LogP contribution is -2.23. The van der Waals surface area contributed by atoms with Crippen LogP contribution in [0.5, 0.6) is 0 Å². The van der Waals surface area contributed by atoms with Crippen molar-refractivity contribution in [2.45, 2.75) is 25.6 Å². The minimum absolute atomic E-state index is 0.144. The SMILES string of the molecule is O=C(O)C=Cc1cc(F)cc(COC2CCOCC2)c1. The highest BCUT2D eigenvalue weighted by Crippen LogP contribution is 2.16. The van der Waals surface area contributed by atoms with E-state index in [0.717, 1.165) is 18.9 Å². The summed E-state index contributed by atoms with van der Waals surface area (Å²) in [7, 11) is 0. The van der Waals surface area contributed by atoms with E-state index in [2.05, 4.69) is 0 Å². The average molecular weight is 280 g/mol. The molecule has 1 saturated heterocycles. The number of hydrogen-bond acceptors (Lipinski definition) is 3. The van der Waals surface area contributed by atoms with E-state index >= 15 is 0 Å². The first-order valence-electron chi connectivity index (χ1n) is 6.53. The van der Waals surface area contributed by atoms with Gasteiger partial charge in [0.05, 0.1) is 12.7 Å². The highest BCUT2D eigenvalue weighted by molar-refractivity contribution is 5.85. The summed E-state index contributed by atoms with van der Waals surface area (Å²) in [5.41, 5.74) is 1.21. The number of hydrogen-bond donors (Lipinski definition) is 1. The van der Waals surface area contributed by atoms with Crippen molar-refractivity contribution in [3.05, 3.63) is 41.2 Å². The first-order valence-corrected chi connectivity index (χ1v) is 6.53. The van der Waals surface area contributed by atoms with Gasteiger partial charge < -0.3 is 14.6 Å². The molecule has 0 atom stereocenters. The molecule has 1 fully saturated rings. The second-order valence-corrected chi connectivity index (χ2v) is 4.69. The maximum atomic E-state index is 13.5. The monoisotopic (exact) mass is 280 g/mol. The lowest BCUT2D eigenvalue weighted by molar-refractivity contribution is -0.131. The number of ether oxygens (including phenoxy) is 2. The Labute approximate surface area is 116 Å². The molecule has 0 aliphatic carbocycles. The van der Waals surface area contributed by atoms with E-state index in [1.54, 1.807) is 6.07 Å². The minimum Gasteiger partial charge on any atom is -0.478 e. The first kappa shape index (κ1) is 14.7. The maximum absolute atomic E-state index is 13.5. The van der Waals surface area contributed by atoms with Crippen LogP contribution in [0.25, 0.3) is 6.08 Å². The van der Waals surface area contributed by atoms with E-state index in [4.69, 9.17) is 14.6 Å². The van der Waals surface area contributed by atoms with Crippen LogP contribution in [-0.4, -0.2) is 30.4 Å². The molecule has 0 radical (unpaired) electrons. The highest BCUT2D eigenvalue weighted by atomic mass is 19.1. The summed E-state index contributed by atoms with van der Waals surface area (Å²) in [5, 5.41) is 8.57. The van der Waals surface area contributed by atoms with Crippen molar-refractivity contribution < 1.29 is 23.8 Å². The molecule has 0 aromatic heterocycles. The van der Waals surface area contributed by atoms with Crippen molar-refractivity contribution in [3.63, 3.8) is 0 Å². The number of aliphatic carboxylic acids is 1. The Balaban J connectivity index is 1.98. The molecule has 108 valence electrons. The van der Waals surface area contributed by atoms with Gasteiger partial charge in [-0.05, 0) is 48.2 Å². The number of carboxylic acid groups (broad SMARTS) is 1. The summed E-state index contributed by atoms with van der Waals surface area (Å²) in [5.74, 6) is -1.46. The number of carbonyl (C=O) groups is 1. The van der Waals surface area contributed by atoms with Crippen LogP contribution in [-0.2, 0) is 20.9 Å². The Morgan fingerprint density at radius 1 is 1.40 bits per heavy atom. The van der Waals surface area contributed by atoms with Gasteiger partial charge in [0.15, 0.2) is 0 Å². The molecule has 0 unspecified atom stereocenters.